The third kappa shape index (κ3) is 2.50. The molecule has 0 saturated carbocycles. The van der Waals surface area contributed by atoms with Gasteiger partial charge >= 0.3 is 0 Å². The van der Waals surface area contributed by atoms with Gasteiger partial charge in [0, 0.05) is 12.0 Å². The minimum Gasteiger partial charge on any atom is -0.508 e. The summed E-state index contributed by atoms with van der Waals surface area (Å²) in [6.45, 7) is 3.75. The van der Waals surface area contributed by atoms with Gasteiger partial charge in [-0.2, -0.15) is 0 Å². The van der Waals surface area contributed by atoms with Crippen molar-refractivity contribution in [1.29, 1.82) is 0 Å². The molecule has 22 heavy (non-hydrogen) atoms. The Kier molecular flexibility index (Phi) is 3.49. The van der Waals surface area contributed by atoms with Crippen molar-refractivity contribution in [3.05, 3.63) is 42.0 Å². The molecule has 1 atom stereocenters. The van der Waals surface area contributed by atoms with E-state index in [-0.39, 0.29) is 5.75 Å². The van der Waals surface area contributed by atoms with E-state index in [1.54, 1.807) is 19.2 Å². The molecule has 0 fully saturated rings. The number of methoxy groups -OCH3 is 1. The van der Waals surface area contributed by atoms with Gasteiger partial charge in [0.2, 0.25) is 0 Å². The lowest BCUT2D eigenvalue weighted by atomic mass is 9.89. The van der Waals surface area contributed by atoms with Crippen LogP contribution in [0.3, 0.4) is 0 Å². The van der Waals surface area contributed by atoms with Crippen molar-refractivity contribution in [1.82, 2.24) is 0 Å². The highest BCUT2D eigenvalue weighted by molar-refractivity contribution is 5.70. The molecule has 1 unspecified atom stereocenters. The fourth-order valence-corrected chi connectivity index (χ4v) is 2.71. The van der Waals surface area contributed by atoms with Crippen molar-refractivity contribution in [2.45, 2.75) is 32.0 Å². The van der Waals surface area contributed by atoms with Gasteiger partial charge in [-0.05, 0) is 49.2 Å². The molecule has 0 saturated heterocycles. The number of phenolic OH excluding ortho intramolecular Hbond substituents is 1. The monoisotopic (exact) mass is 300 g/mol. The highest BCUT2D eigenvalue weighted by Gasteiger charge is 2.37. The Morgan fingerprint density at radius 2 is 1.82 bits per heavy atom. The summed E-state index contributed by atoms with van der Waals surface area (Å²) >= 11 is 0. The number of ether oxygens (including phenoxy) is 2. The largest absolute Gasteiger partial charge is 0.508 e. The second-order valence-corrected chi connectivity index (χ2v) is 6.13. The molecule has 2 aromatic rings. The first-order valence-electron chi connectivity index (χ1n) is 7.28. The SMILES string of the molecule is COc1cc(-c2ccc(O)cc2)cc2c1CC(O)C(C)(C)O2. The average Bonchev–Trinajstić information content (AvgIpc) is 2.48. The summed E-state index contributed by atoms with van der Waals surface area (Å²) in [6.07, 6.45) is -0.0742. The van der Waals surface area contributed by atoms with Gasteiger partial charge in [-0.3, -0.25) is 0 Å². The van der Waals surface area contributed by atoms with E-state index in [1.165, 1.54) is 0 Å². The number of aromatic hydroxyl groups is 1. The molecule has 0 radical (unpaired) electrons. The van der Waals surface area contributed by atoms with Crippen molar-refractivity contribution in [3.8, 4) is 28.4 Å². The van der Waals surface area contributed by atoms with E-state index in [0.29, 0.717) is 12.2 Å². The molecular formula is C18H20O4. The molecule has 2 aromatic carbocycles. The number of aliphatic hydroxyl groups is 1. The predicted octanol–water partition coefficient (Wildman–Crippen LogP) is 3.14. The van der Waals surface area contributed by atoms with Gasteiger partial charge in [0.25, 0.3) is 0 Å². The zero-order valence-corrected chi connectivity index (χ0v) is 13.0. The Hall–Kier alpha value is -2.20. The predicted molar refractivity (Wildman–Crippen MR) is 84.5 cm³/mol. The summed E-state index contributed by atoms with van der Waals surface area (Å²) in [4.78, 5) is 0. The number of hydrogen-bond acceptors (Lipinski definition) is 4. The minimum atomic E-state index is -0.633. The molecule has 4 heteroatoms. The fraction of sp³-hybridized carbons (Fsp3) is 0.333. The fourth-order valence-electron chi connectivity index (χ4n) is 2.71. The van der Waals surface area contributed by atoms with Gasteiger partial charge in [-0.25, -0.2) is 0 Å². The molecule has 2 N–H and O–H groups in total. The van der Waals surface area contributed by atoms with E-state index in [4.69, 9.17) is 9.47 Å². The Labute approximate surface area is 129 Å². The maximum Gasteiger partial charge on any atom is 0.129 e. The zero-order valence-electron chi connectivity index (χ0n) is 13.0. The van der Waals surface area contributed by atoms with Crippen LogP contribution >= 0.6 is 0 Å². The molecule has 1 aliphatic rings. The van der Waals surface area contributed by atoms with Crippen LogP contribution in [0.2, 0.25) is 0 Å². The van der Waals surface area contributed by atoms with Gasteiger partial charge in [0.05, 0.1) is 13.2 Å². The Bertz CT molecular complexity index is 689. The summed E-state index contributed by atoms with van der Waals surface area (Å²) in [5.74, 6) is 1.67. The molecule has 0 aliphatic carbocycles. The maximum absolute atomic E-state index is 10.2. The zero-order chi connectivity index (χ0) is 15.9. The van der Waals surface area contributed by atoms with Crippen molar-refractivity contribution in [2.24, 2.45) is 0 Å². The number of phenols is 1. The molecule has 0 spiro atoms. The normalized spacial score (nSPS) is 19.2. The first kappa shape index (κ1) is 14.7. The van der Waals surface area contributed by atoms with E-state index in [1.807, 2.05) is 38.1 Å². The second kappa shape index (κ2) is 5.21. The number of hydrogen-bond donors (Lipinski definition) is 2. The van der Waals surface area contributed by atoms with Gasteiger partial charge < -0.3 is 19.7 Å². The highest BCUT2D eigenvalue weighted by atomic mass is 16.5. The standard InChI is InChI=1S/C18H20O4/c1-18(2)17(20)10-14-15(21-3)8-12(9-16(14)22-18)11-4-6-13(19)7-5-11/h4-9,17,19-20H,10H2,1-3H3. The number of benzene rings is 2. The quantitative estimate of drug-likeness (QED) is 0.894. The van der Waals surface area contributed by atoms with Crippen LogP contribution in [0.1, 0.15) is 19.4 Å². The van der Waals surface area contributed by atoms with E-state index >= 15 is 0 Å². The van der Waals surface area contributed by atoms with Crippen LogP contribution in [0.5, 0.6) is 17.2 Å². The van der Waals surface area contributed by atoms with Crippen LogP contribution in [0.4, 0.5) is 0 Å². The Morgan fingerprint density at radius 3 is 2.45 bits per heavy atom. The van der Waals surface area contributed by atoms with Gasteiger partial charge in [0.1, 0.15) is 22.8 Å². The second-order valence-electron chi connectivity index (χ2n) is 6.13. The van der Waals surface area contributed by atoms with Crippen molar-refractivity contribution in [3.63, 3.8) is 0 Å². The van der Waals surface area contributed by atoms with E-state index in [0.717, 1.165) is 22.4 Å². The molecule has 3 rings (SSSR count). The third-order valence-corrected chi connectivity index (χ3v) is 4.16. The molecule has 0 bridgehead atoms. The van der Waals surface area contributed by atoms with Crippen molar-refractivity contribution in [2.75, 3.05) is 7.11 Å². The smallest absolute Gasteiger partial charge is 0.129 e. The summed E-state index contributed by atoms with van der Waals surface area (Å²) in [7, 11) is 1.61. The molecule has 0 amide bonds. The number of aliphatic hydroxyl groups excluding tert-OH is 1. The lowest BCUT2D eigenvalue weighted by Gasteiger charge is -2.37. The molecular weight excluding hydrogens is 280 g/mol. The topological polar surface area (TPSA) is 58.9 Å². The molecule has 0 aromatic heterocycles. The van der Waals surface area contributed by atoms with Crippen LogP contribution in [0, 0.1) is 0 Å². The molecule has 1 heterocycles. The first-order valence-corrected chi connectivity index (χ1v) is 7.28. The number of fused-ring (bicyclic) bond motifs is 1. The maximum atomic E-state index is 10.2. The summed E-state index contributed by atoms with van der Waals surface area (Å²) < 4.78 is 11.5. The molecule has 116 valence electrons. The van der Waals surface area contributed by atoms with Crippen LogP contribution in [0.25, 0.3) is 11.1 Å². The van der Waals surface area contributed by atoms with E-state index in [9.17, 15) is 10.2 Å². The first-order chi connectivity index (χ1) is 10.4. The van der Waals surface area contributed by atoms with Crippen LogP contribution < -0.4 is 9.47 Å². The van der Waals surface area contributed by atoms with Gasteiger partial charge in [-0.15, -0.1) is 0 Å². The lowest BCUT2D eigenvalue weighted by molar-refractivity contribution is -0.0416. The Balaban J connectivity index is 2.10. The summed E-state index contributed by atoms with van der Waals surface area (Å²) in [5.41, 5.74) is 2.16. The minimum absolute atomic E-state index is 0.231. The summed E-state index contributed by atoms with van der Waals surface area (Å²) in [6, 6.07) is 10.9. The van der Waals surface area contributed by atoms with Gasteiger partial charge in [-0.1, -0.05) is 12.1 Å². The van der Waals surface area contributed by atoms with E-state index in [2.05, 4.69) is 0 Å². The molecule has 4 nitrogen and oxygen atoms in total. The third-order valence-electron chi connectivity index (χ3n) is 4.16. The van der Waals surface area contributed by atoms with Crippen LogP contribution in [-0.2, 0) is 6.42 Å². The Morgan fingerprint density at radius 1 is 1.14 bits per heavy atom. The lowest BCUT2D eigenvalue weighted by Crippen LogP contribution is -2.46. The summed E-state index contributed by atoms with van der Waals surface area (Å²) in [5, 5.41) is 19.6. The molecule has 1 aliphatic heterocycles. The van der Waals surface area contributed by atoms with Crippen LogP contribution in [0.15, 0.2) is 36.4 Å². The van der Waals surface area contributed by atoms with Gasteiger partial charge in [0.15, 0.2) is 0 Å². The van der Waals surface area contributed by atoms with Crippen molar-refractivity contribution >= 4 is 0 Å². The highest BCUT2D eigenvalue weighted by Crippen LogP contribution is 2.42. The number of rotatable bonds is 2. The van der Waals surface area contributed by atoms with Crippen LogP contribution in [-0.4, -0.2) is 29.0 Å². The van der Waals surface area contributed by atoms with Crippen molar-refractivity contribution < 1.29 is 19.7 Å². The average molecular weight is 300 g/mol. The van der Waals surface area contributed by atoms with E-state index < -0.39 is 11.7 Å².